The average Bonchev–Trinajstić information content (AvgIpc) is 2.31. The summed E-state index contributed by atoms with van der Waals surface area (Å²) in [4.78, 5) is 10.8. The molecule has 0 spiro atoms. The van der Waals surface area contributed by atoms with E-state index in [0.717, 1.165) is 18.5 Å². The van der Waals surface area contributed by atoms with Gasteiger partial charge in [-0.25, -0.2) is 0 Å². The number of hydrogen-bond donors (Lipinski definition) is 2. The van der Waals surface area contributed by atoms with Crippen LogP contribution in [-0.2, 0) is 4.79 Å². The lowest BCUT2D eigenvalue weighted by Crippen LogP contribution is -2.14. The summed E-state index contributed by atoms with van der Waals surface area (Å²) in [6.45, 7) is 0.868. The molecule has 2 N–H and O–H groups in total. The third kappa shape index (κ3) is 1.57. The summed E-state index contributed by atoms with van der Waals surface area (Å²) < 4.78 is 0. The van der Waals surface area contributed by atoms with Gasteiger partial charge in [-0.15, -0.1) is 0 Å². The minimum atomic E-state index is 0.0217. The van der Waals surface area contributed by atoms with Crippen molar-refractivity contribution >= 4 is 5.91 Å². The van der Waals surface area contributed by atoms with Gasteiger partial charge in [0.1, 0.15) is 0 Å². The molecule has 0 aromatic heterocycles. The molecule has 0 saturated carbocycles. The molecule has 1 fully saturated rings. The first-order valence-electron chi connectivity index (χ1n) is 3.42. The van der Waals surface area contributed by atoms with Gasteiger partial charge in [0.15, 0.2) is 0 Å². The van der Waals surface area contributed by atoms with Gasteiger partial charge in [0.05, 0.1) is 0 Å². The second kappa shape index (κ2) is 3.37. The Labute approximate surface area is 59.7 Å². The SMILES string of the molecule is O=C1NCC/C1=C/CCO. The molecule has 0 aromatic carbocycles. The number of nitrogens with one attached hydrogen (secondary N) is 1. The van der Waals surface area contributed by atoms with E-state index in [1.807, 2.05) is 0 Å². The minimum absolute atomic E-state index is 0.0217. The number of amides is 1. The highest BCUT2D eigenvalue weighted by Crippen LogP contribution is 2.07. The van der Waals surface area contributed by atoms with Gasteiger partial charge in [-0.1, -0.05) is 6.08 Å². The Balaban J connectivity index is 2.46. The topological polar surface area (TPSA) is 49.3 Å². The first kappa shape index (κ1) is 7.28. The zero-order chi connectivity index (χ0) is 7.40. The highest BCUT2D eigenvalue weighted by atomic mass is 16.2. The smallest absolute Gasteiger partial charge is 0.246 e. The number of aliphatic hydroxyl groups excluding tert-OH is 1. The van der Waals surface area contributed by atoms with E-state index < -0.39 is 0 Å². The Morgan fingerprint density at radius 2 is 2.50 bits per heavy atom. The molecule has 56 valence electrons. The van der Waals surface area contributed by atoms with E-state index in [1.165, 1.54) is 0 Å². The number of aliphatic hydroxyl groups is 1. The second-order valence-corrected chi connectivity index (χ2v) is 2.25. The second-order valence-electron chi connectivity index (χ2n) is 2.25. The van der Waals surface area contributed by atoms with Crippen LogP contribution in [0.3, 0.4) is 0 Å². The van der Waals surface area contributed by atoms with Gasteiger partial charge in [-0.05, 0) is 12.8 Å². The molecule has 1 heterocycles. The maximum Gasteiger partial charge on any atom is 0.246 e. The fourth-order valence-electron chi connectivity index (χ4n) is 0.971. The highest BCUT2D eigenvalue weighted by Gasteiger charge is 2.14. The molecular weight excluding hydrogens is 130 g/mol. The minimum Gasteiger partial charge on any atom is -0.396 e. The van der Waals surface area contributed by atoms with Crippen molar-refractivity contribution in [2.75, 3.05) is 13.2 Å². The van der Waals surface area contributed by atoms with Crippen molar-refractivity contribution in [3.63, 3.8) is 0 Å². The fraction of sp³-hybridized carbons (Fsp3) is 0.571. The maximum atomic E-state index is 10.8. The van der Waals surface area contributed by atoms with Gasteiger partial charge in [0, 0.05) is 18.7 Å². The van der Waals surface area contributed by atoms with E-state index in [1.54, 1.807) is 6.08 Å². The third-order valence-electron chi connectivity index (χ3n) is 1.49. The normalized spacial score (nSPS) is 21.7. The third-order valence-corrected chi connectivity index (χ3v) is 1.49. The van der Waals surface area contributed by atoms with Gasteiger partial charge in [-0.2, -0.15) is 0 Å². The summed E-state index contributed by atoms with van der Waals surface area (Å²) >= 11 is 0. The summed E-state index contributed by atoms with van der Waals surface area (Å²) in [5, 5.41) is 11.1. The largest absolute Gasteiger partial charge is 0.396 e. The molecule has 0 aliphatic carbocycles. The van der Waals surface area contributed by atoms with Crippen LogP contribution in [0.15, 0.2) is 11.6 Å². The lowest BCUT2D eigenvalue weighted by molar-refractivity contribution is -0.116. The molecule has 1 amide bonds. The molecule has 0 atom stereocenters. The molecule has 0 radical (unpaired) electrons. The van der Waals surface area contributed by atoms with E-state index in [2.05, 4.69) is 5.32 Å². The van der Waals surface area contributed by atoms with E-state index >= 15 is 0 Å². The molecule has 0 unspecified atom stereocenters. The standard InChI is InChI=1S/C7H11NO2/c9-5-1-2-6-3-4-8-7(6)10/h2,9H,1,3-5H2,(H,8,10)/b6-2-. The molecule has 3 nitrogen and oxygen atoms in total. The zero-order valence-corrected chi connectivity index (χ0v) is 5.76. The average molecular weight is 141 g/mol. The monoisotopic (exact) mass is 141 g/mol. The van der Waals surface area contributed by atoms with E-state index in [-0.39, 0.29) is 12.5 Å². The highest BCUT2D eigenvalue weighted by molar-refractivity contribution is 5.95. The van der Waals surface area contributed by atoms with Gasteiger partial charge in [0.25, 0.3) is 0 Å². The predicted molar refractivity (Wildman–Crippen MR) is 37.4 cm³/mol. The maximum absolute atomic E-state index is 10.8. The molecule has 1 saturated heterocycles. The summed E-state index contributed by atoms with van der Waals surface area (Å²) in [6, 6.07) is 0. The lowest BCUT2D eigenvalue weighted by Gasteiger charge is -1.90. The lowest BCUT2D eigenvalue weighted by atomic mass is 10.2. The first-order chi connectivity index (χ1) is 4.84. The fourth-order valence-corrected chi connectivity index (χ4v) is 0.971. The molecular formula is C7H11NO2. The van der Waals surface area contributed by atoms with Crippen LogP contribution in [-0.4, -0.2) is 24.2 Å². The summed E-state index contributed by atoms with van der Waals surface area (Å²) in [7, 11) is 0. The van der Waals surface area contributed by atoms with Crippen LogP contribution in [0.1, 0.15) is 12.8 Å². The Kier molecular flexibility index (Phi) is 2.45. The first-order valence-corrected chi connectivity index (χ1v) is 3.42. The van der Waals surface area contributed by atoms with Gasteiger partial charge < -0.3 is 10.4 Å². The predicted octanol–water partition coefficient (Wildman–Crippen LogP) is -0.185. The van der Waals surface area contributed by atoms with E-state index in [9.17, 15) is 4.79 Å². The van der Waals surface area contributed by atoms with E-state index in [4.69, 9.17) is 5.11 Å². The van der Waals surface area contributed by atoms with Crippen molar-refractivity contribution < 1.29 is 9.90 Å². The zero-order valence-electron chi connectivity index (χ0n) is 5.76. The van der Waals surface area contributed by atoms with Crippen LogP contribution in [0.4, 0.5) is 0 Å². The van der Waals surface area contributed by atoms with Gasteiger partial charge in [0.2, 0.25) is 5.91 Å². The van der Waals surface area contributed by atoms with E-state index in [0.29, 0.717) is 6.42 Å². The molecule has 10 heavy (non-hydrogen) atoms. The van der Waals surface area contributed by atoms with Gasteiger partial charge >= 0.3 is 0 Å². The van der Waals surface area contributed by atoms with Crippen molar-refractivity contribution in [1.82, 2.24) is 5.32 Å². The Bertz CT molecular complexity index is 163. The summed E-state index contributed by atoms with van der Waals surface area (Å²) in [5.41, 5.74) is 0.814. The van der Waals surface area contributed by atoms with Crippen molar-refractivity contribution in [3.8, 4) is 0 Å². The van der Waals surface area contributed by atoms with Crippen LogP contribution in [0.5, 0.6) is 0 Å². The Hall–Kier alpha value is -0.830. The van der Waals surface area contributed by atoms with Crippen molar-refractivity contribution in [2.45, 2.75) is 12.8 Å². The van der Waals surface area contributed by atoms with Crippen molar-refractivity contribution in [2.24, 2.45) is 0 Å². The number of hydrogen-bond acceptors (Lipinski definition) is 2. The van der Waals surface area contributed by atoms with Crippen LogP contribution in [0, 0.1) is 0 Å². The number of carbonyl (C=O) groups excluding carboxylic acids is 1. The Morgan fingerprint density at radius 1 is 1.70 bits per heavy atom. The Morgan fingerprint density at radius 3 is 3.00 bits per heavy atom. The summed E-state index contributed by atoms with van der Waals surface area (Å²) in [5.74, 6) is 0.0217. The van der Waals surface area contributed by atoms with Crippen molar-refractivity contribution in [1.29, 1.82) is 0 Å². The summed E-state index contributed by atoms with van der Waals surface area (Å²) in [6.07, 6.45) is 3.18. The van der Waals surface area contributed by atoms with Crippen LogP contribution in [0.25, 0.3) is 0 Å². The van der Waals surface area contributed by atoms with Gasteiger partial charge in [-0.3, -0.25) is 4.79 Å². The van der Waals surface area contributed by atoms with Crippen LogP contribution in [0.2, 0.25) is 0 Å². The molecule has 1 aliphatic heterocycles. The van der Waals surface area contributed by atoms with Crippen molar-refractivity contribution in [3.05, 3.63) is 11.6 Å². The molecule has 0 bridgehead atoms. The quantitative estimate of drug-likeness (QED) is 0.524. The number of carbonyl (C=O) groups is 1. The molecule has 1 rings (SSSR count). The number of rotatable bonds is 2. The molecule has 1 aliphatic rings. The molecule has 0 aromatic rings. The van der Waals surface area contributed by atoms with Crippen LogP contribution < -0.4 is 5.32 Å². The van der Waals surface area contributed by atoms with Crippen LogP contribution >= 0.6 is 0 Å². The molecule has 3 heteroatoms.